The quantitative estimate of drug-likeness (QED) is 0.0117. The first-order valence-electron chi connectivity index (χ1n) is 27.4. The van der Waals surface area contributed by atoms with Crippen LogP contribution in [-0.2, 0) is 24.0 Å². The number of alkyl halides is 1. The Morgan fingerprint density at radius 3 is 0.972 bits per heavy atom. The minimum atomic E-state index is 0.0949. The molecular formula is C61H97ClN2O5S2. The number of benzene rings is 4. The van der Waals surface area contributed by atoms with Gasteiger partial charge in [0.05, 0.1) is 33.0 Å². The maximum Gasteiger partial charge on any atom is 0.151 e. The molecule has 0 saturated carbocycles. The number of hydrogen-bond acceptors (Lipinski definition) is 8. The van der Waals surface area contributed by atoms with Gasteiger partial charge in [-0.1, -0.05) is 216 Å². The van der Waals surface area contributed by atoms with Gasteiger partial charge in [-0.05, 0) is 96.5 Å². The fraction of sp³-hybridized carbons (Fsp3) is 0.590. The van der Waals surface area contributed by atoms with Gasteiger partial charge in [0, 0.05) is 17.4 Å². The molecule has 400 valence electrons. The number of aliphatic hydroxyl groups is 1. The Hall–Kier alpha value is -3.50. The summed E-state index contributed by atoms with van der Waals surface area (Å²) in [5.74, 6) is 5.85. The molecule has 0 atom stereocenters. The van der Waals surface area contributed by atoms with Crippen molar-refractivity contribution in [2.45, 2.75) is 206 Å². The van der Waals surface area contributed by atoms with Crippen molar-refractivity contribution in [1.82, 2.24) is 0 Å². The van der Waals surface area contributed by atoms with E-state index in [4.69, 9.17) is 46.8 Å². The van der Waals surface area contributed by atoms with E-state index in [1.807, 2.05) is 84.9 Å². The molecule has 0 bridgehead atoms. The van der Waals surface area contributed by atoms with Crippen LogP contribution in [0.5, 0.6) is 23.0 Å². The Morgan fingerprint density at radius 2 is 0.704 bits per heavy atom. The lowest BCUT2D eigenvalue weighted by molar-refractivity contribution is 0.281. The predicted octanol–water partition coefficient (Wildman–Crippen LogP) is 18.5. The average molecular weight is 1040 g/mol. The number of ether oxygens (including phenoxy) is 4. The minimum absolute atomic E-state index is 0.0949. The van der Waals surface area contributed by atoms with Gasteiger partial charge in [0.25, 0.3) is 0 Å². The second-order valence-corrected chi connectivity index (χ2v) is 19.7. The SMILES string of the molecule is CCCCCCCCOc1ccc(CCl)cc1.CCCCCCCCOc1ccc(CO)cc1.CCCCCCCCOc1ccc(CS)cc1.CCCCCCCCOc1ccc(CSC(=N)N)cc1. The molecule has 0 spiro atoms. The third kappa shape index (κ3) is 39.7. The first kappa shape index (κ1) is 65.5. The van der Waals surface area contributed by atoms with Crippen molar-refractivity contribution in [2.75, 3.05) is 26.4 Å². The normalized spacial score (nSPS) is 10.5. The van der Waals surface area contributed by atoms with E-state index in [1.165, 1.54) is 146 Å². The van der Waals surface area contributed by atoms with Gasteiger partial charge in [0.2, 0.25) is 0 Å². The van der Waals surface area contributed by atoms with E-state index in [1.54, 1.807) is 0 Å². The van der Waals surface area contributed by atoms with Gasteiger partial charge < -0.3 is 29.8 Å². The fourth-order valence-electron chi connectivity index (χ4n) is 7.19. The van der Waals surface area contributed by atoms with E-state index >= 15 is 0 Å². The molecule has 0 unspecified atom stereocenters. The van der Waals surface area contributed by atoms with Gasteiger partial charge in [-0.25, -0.2) is 0 Å². The van der Waals surface area contributed by atoms with Crippen LogP contribution in [-0.4, -0.2) is 36.7 Å². The number of aliphatic hydroxyl groups excluding tert-OH is 1. The molecule has 4 rings (SSSR count). The van der Waals surface area contributed by atoms with Gasteiger partial charge in [-0.2, -0.15) is 12.6 Å². The summed E-state index contributed by atoms with van der Waals surface area (Å²) in [4.78, 5) is 0. The summed E-state index contributed by atoms with van der Waals surface area (Å²) in [5, 5.41) is 16.2. The van der Waals surface area contributed by atoms with Crippen molar-refractivity contribution < 1.29 is 24.1 Å². The van der Waals surface area contributed by atoms with Crippen LogP contribution in [0.15, 0.2) is 97.1 Å². The number of nitrogens with two attached hydrogens (primary N) is 1. The molecule has 4 aromatic rings. The lowest BCUT2D eigenvalue weighted by Gasteiger charge is -2.07. The number of halogens is 1. The van der Waals surface area contributed by atoms with E-state index in [-0.39, 0.29) is 11.8 Å². The zero-order valence-corrected chi connectivity index (χ0v) is 47.2. The van der Waals surface area contributed by atoms with Crippen molar-refractivity contribution in [2.24, 2.45) is 5.73 Å². The van der Waals surface area contributed by atoms with Gasteiger partial charge in [-0.3, -0.25) is 5.41 Å². The van der Waals surface area contributed by atoms with Crippen LogP contribution in [0.2, 0.25) is 0 Å². The number of hydrogen-bond donors (Lipinski definition) is 4. The fourth-order valence-corrected chi connectivity index (χ4v) is 8.09. The Morgan fingerprint density at radius 1 is 0.437 bits per heavy atom. The second-order valence-electron chi connectivity index (χ2n) is 18.1. The first-order chi connectivity index (χ1) is 34.8. The third-order valence-electron chi connectivity index (χ3n) is 11.7. The molecule has 0 fully saturated rings. The number of nitrogens with one attached hydrogen (secondary N) is 1. The Balaban J connectivity index is 0.000000474. The summed E-state index contributed by atoms with van der Waals surface area (Å²) in [6.45, 7) is 12.3. The molecule has 0 saturated heterocycles. The van der Waals surface area contributed by atoms with Crippen LogP contribution in [0.3, 0.4) is 0 Å². The van der Waals surface area contributed by atoms with Crippen molar-refractivity contribution in [1.29, 1.82) is 5.41 Å². The summed E-state index contributed by atoms with van der Waals surface area (Å²) in [6.07, 6.45) is 31.0. The van der Waals surface area contributed by atoms with Gasteiger partial charge in [0.1, 0.15) is 23.0 Å². The van der Waals surface area contributed by atoms with Crippen LogP contribution in [0.1, 0.15) is 204 Å². The van der Waals surface area contributed by atoms with E-state index < -0.39 is 0 Å². The summed E-state index contributed by atoms with van der Waals surface area (Å²) in [5.41, 5.74) is 9.78. The largest absolute Gasteiger partial charge is 0.494 e. The monoisotopic (exact) mass is 1040 g/mol. The van der Waals surface area contributed by atoms with E-state index in [9.17, 15) is 0 Å². The number of thioether (sulfide) groups is 1. The first-order valence-corrected chi connectivity index (χ1v) is 29.6. The second kappa shape index (κ2) is 48.8. The highest BCUT2D eigenvalue weighted by molar-refractivity contribution is 8.13. The Kier molecular flexibility index (Phi) is 45.0. The maximum atomic E-state index is 8.90. The number of thiol groups is 1. The van der Waals surface area contributed by atoms with E-state index in [2.05, 4.69) is 52.5 Å². The smallest absolute Gasteiger partial charge is 0.151 e. The zero-order valence-electron chi connectivity index (χ0n) is 44.8. The van der Waals surface area contributed by atoms with Crippen molar-refractivity contribution in [3.8, 4) is 23.0 Å². The molecule has 0 radical (unpaired) electrons. The summed E-state index contributed by atoms with van der Waals surface area (Å²) in [6, 6.07) is 31.9. The van der Waals surface area contributed by atoms with Crippen LogP contribution in [0, 0.1) is 5.41 Å². The van der Waals surface area contributed by atoms with E-state index in [0.29, 0.717) is 5.88 Å². The number of unbranched alkanes of at least 4 members (excludes halogenated alkanes) is 20. The number of amidine groups is 1. The summed E-state index contributed by atoms with van der Waals surface area (Å²) in [7, 11) is 0. The highest BCUT2D eigenvalue weighted by atomic mass is 35.5. The molecule has 4 N–H and O–H groups in total. The Bertz CT molecular complexity index is 1600. The summed E-state index contributed by atoms with van der Waals surface area (Å²) >= 11 is 11.3. The predicted molar refractivity (Wildman–Crippen MR) is 313 cm³/mol. The van der Waals surface area contributed by atoms with Gasteiger partial charge in [-0.15, -0.1) is 11.6 Å². The topological polar surface area (TPSA) is 107 Å². The molecule has 71 heavy (non-hydrogen) atoms. The molecule has 0 heterocycles. The highest BCUT2D eigenvalue weighted by Crippen LogP contribution is 2.19. The van der Waals surface area contributed by atoms with E-state index in [0.717, 1.165) is 103 Å². The van der Waals surface area contributed by atoms with Crippen LogP contribution in [0.4, 0.5) is 0 Å². The minimum Gasteiger partial charge on any atom is -0.494 e. The third-order valence-corrected chi connectivity index (χ3v) is 13.1. The zero-order chi connectivity index (χ0) is 51.7. The molecule has 0 aliphatic heterocycles. The van der Waals surface area contributed by atoms with Gasteiger partial charge >= 0.3 is 0 Å². The molecule has 0 aromatic heterocycles. The average Bonchev–Trinajstić information content (AvgIpc) is 3.40. The van der Waals surface area contributed by atoms with Gasteiger partial charge in [0.15, 0.2) is 5.17 Å². The van der Waals surface area contributed by atoms with Crippen molar-refractivity contribution in [3.63, 3.8) is 0 Å². The lowest BCUT2D eigenvalue weighted by atomic mass is 10.1. The number of rotatable bonds is 37. The van der Waals surface area contributed by atoms with Crippen LogP contribution < -0.4 is 24.7 Å². The molecule has 7 nitrogen and oxygen atoms in total. The van der Waals surface area contributed by atoms with Crippen molar-refractivity contribution in [3.05, 3.63) is 119 Å². The molecule has 0 amide bonds. The maximum absolute atomic E-state index is 8.90. The Labute approximate surface area is 448 Å². The molecule has 0 aliphatic rings. The molecule has 0 aliphatic carbocycles. The standard InChI is InChI=1S/C16H26N2OS.C15H23ClO.C15H24O2.C15H24OS/c1-2-3-4-5-6-7-12-19-15-10-8-14(9-11-15)13-20-16(17)18;2*1-2-3-4-5-6-7-12-17-15-10-8-14(13-16)9-11-15;1-2-3-4-5-6-7-12-16-15-10-8-14(13-17)9-11-15/h8-11H,2-7,12-13H2,1H3,(H3,17,18);8-11H,2-7,12-13H2,1H3;8-11,16H,2-7,12-13H2,1H3;8-11,17H,2-7,12-13H2,1H3. The molecular weight excluding hydrogens is 940 g/mol. The van der Waals surface area contributed by atoms with Crippen molar-refractivity contribution >= 4 is 41.2 Å². The molecule has 4 aromatic carbocycles. The lowest BCUT2D eigenvalue weighted by Crippen LogP contribution is -2.03. The van der Waals surface area contributed by atoms with Crippen LogP contribution >= 0.6 is 36.0 Å². The summed E-state index contributed by atoms with van der Waals surface area (Å²) < 4.78 is 22.7. The molecule has 10 heteroatoms. The highest BCUT2D eigenvalue weighted by Gasteiger charge is 2.01. The van der Waals surface area contributed by atoms with Crippen LogP contribution in [0.25, 0.3) is 0 Å².